The summed E-state index contributed by atoms with van der Waals surface area (Å²) in [6.07, 6.45) is 0. The number of ether oxygens (including phenoxy) is 1. The van der Waals surface area contributed by atoms with E-state index >= 15 is 0 Å². The molecule has 0 aliphatic heterocycles. The zero-order chi connectivity index (χ0) is 14.0. The third kappa shape index (κ3) is 2.45. The number of aromatic nitrogens is 2. The molecule has 98 valence electrons. The van der Waals surface area contributed by atoms with Gasteiger partial charge in [-0.05, 0) is 32.9 Å². The van der Waals surface area contributed by atoms with Crippen molar-refractivity contribution in [2.45, 2.75) is 26.2 Å². The summed E-state index contributed by atoms with van der Waals surface area (Å²) in [7, 11) is 1.64. The van der Waals surface area contributed by atoms with Crippen molar-refractivity contribution in [3.63, 3.8) is 0 Å². The van der Waals surface area contributed by atoms with Gasteiger partial charge in [-0.3, -0.25) is 0 Å². The van der Waals surface area contributed by atoms with Crippen LogP contribution >= 0.6 is 0 Å². The van der Waals surface area contributed by atoms with Crippen LogP contribution in [0.4, 0.5) is 0 Å². The van der Waals surface area contributed by atoms with E-state index in [1.54, 1.807) is 7.11 Å². The second-order valence-corrected chi connectivity index (χ2v) is 5.03. The molecule has 4 nitrogen and oxygen atoms in total. The first-order valence-electron chi connectivity index (χ1n) is 6.10. The molecular weight excluding hydrogens is 238 g/mol. The molecule has 0 saturated heterocycles. The zero-order valence-corrected chi connectivity index (χ0v) is 11.6. The fraction of sp³-hybridized carbons (Fsp3) is 0.333. The van der Waals surface area contributed by atoms with Crippen molar-refractivity contribution in [3.8, 4) is 23.1 Å². The molecule has 0 spiro atoms. The number of H-pyrrole nitrogens is 1. The van der Waals surface area contributed by atoms with E-state index in [0.717, 1.165) is 22.7 Å². The first-order valence-corrected chi connectivity index (χ1v) is 6.10. The van der Waals surface area contributed by atoms with Crippen molar-refractivity contribution >= 4 is 0 Å². The van der Waals surface area contributed by atoms with Crippen LogP contribution in [0.5, 0.6) is 5.75 Å². The van der Waals surface area contributed by atoms with Crippen LogP contribution in [0, 0.1) is 18.3 Å². The number of hydrogen-bond donors (Lipinski definition) is 1. The Morgan fingerprint density at radius 3 is 2.74 bits per heavy atom. The van der Waals surface area contributed by atoms with Gasteiger partial charge in [0.1, 0.15) is 17.0 Å². The molecular formula is C15H17N3O. The summed E-state index contributed by atoms with van der Waals surface area (Å²) >= 11 is 0. The van der Waals surface area contributed by atoms with Crippen molar-refractivity contribution in [2.24, 2.45) is 0 Å². The average molecular weight is 255 g/mol. The highest BCUT2D eigenvalue weighted by molar-refractivity contribution is 5.64. The van der Waals surface area contributed by atoms with Crippen LogP contribution < -0.4 is 4.74 Å². The van der Waals surface area contributed by atoms with Gasteiger partial charge in [-0.25, -0.2) is 4.98 Å². The number of imidazole rings is 1. The number of nitriles is 1. The number of aromatic amines is 1. The molecule has 0 aliphatic carbocycles. The topological polar surface area (TPSA) is 61.7 Å². The van der Waals surface area contributed by atoms with Crippen LogP contribution in [0.3, 0.4) is 0 Å². The van der Waals surface area contributed by atoms with Gasteiger partial charge in [-0.2, -0.15) is 5.26 Å². The lowest BCUT2D eigenvalue weighted by molar-refractivity contribution is 0.415. The minimum absolute atomic E-state index is 0.623. The summed E-state index contributed by atoms with van der Waals surface area (Å²) in [5, 5.41) is 9.17. The van der Waals surface area contributed by atoms with Crippen molar-refractivity contribution < 1.29 is 4.74 Å². The highest BCUT2D eigenvalue weighted by Crippen LogP contribution is 2.28. The average Bonchev–Trinajstić information content (AvgIpc) is 2.81. The van der Waals surface area contributed by atoms with Crippen LogP contribution in [0.1, 0.15) is 25.4 Å². The molecule has 1 aromatic carbocycles. The molecule has 0 bridgehead atoms. The zero-order valence-electron chi connectivity index (χ0n) is 11.6. The van der Waals surface area contributed by atoms with E-state index in [1.807, 2.05) is 45.0 Å². The standard InChI is InChI=1S/C15H17N3O/c1-10-13(11-6-5-7-12(8-11)19-4)18-14(17-10)15(2,3)9-16/h5-8H,1-4H3,(H,17,18). The molecule has 0 unspecified atom stereocenters. The molecule has 1 heterocycles. The van der Waals surface area contributed by atoms with Crippen molar-refractivity contribution in [3.05, 3.63) is 35.8 Å². The van der Waals surface area contributed by atoms with Gasteiger partial charge in [-0.15, -0.1) is 0 Å². The number of aryl methyl sites for hydroxylation is 1. The van der Waals surface area contributed by atoms with E-state index in [0.29, 0.717) is 5.82 Å². The van der Waals surface area contributed by atoms with Gasteiger partial charge in [0.15, 0.2) is 0 Å². The van der Waals surface area contributed by atoms with Crippen molar-refractivity contribution in [2.75, 3.05) is 7.11 Å². The Hall–Kier alpha value is -2.28. The van der Waals surface area contributed by atoms with Crippen molar-refractivity contribution in [1.29, 1.82) is 5.26 Å². The summed E-state index contributed by atoms with van der Waals surface area (Å²) in [6.45, 7) is 5.65. The molecule has 2 rings (SSSR count). The first-order chi connectivity index (χ1) is 8.97. The molecule has 1 aromatic heterocycles. The third-order valence-electron chi connectivity index (χ3n) is 3.10. The predicted molar refractivity (Wildman–Crippen MR) is 74.0 cm³/mol. The minimum atomic E-state index is -0.623. The molecule has 19 heavy (non-hydrogen) atoms. The number of methoxy groups -OCH3 is 1. The van der Waals surface area contributed by atoms with Gasteiger partial charge in [0.2, 0.25) is 0 Å². The maximum atomic E-state index is 9.17. The maximum absolute atomic E-state index is 9.17. The molecule has 4 heteroatoms. The molecule has 0 radical (unpaired) electrons. The summed E-state index contributed by atoms with van der Waals surface area (Å²) in [4.78, 5) is 7.76. The number of nitrogens with one attached hydrogen (secondary N) is 1. The highest BCUT2D eigenvalue weighted by atomic mass is 16.5. The van der Waals surface area contributed by atoms with Gasteiger partial charge in [0, 0.05) is 11.3 Å². The lowest BCUT2D eigenvalue weighted by atomic mass is 9.95. The molecule has 0 atom stereocenters. The Bertz CT molecular complexity index is 635. The second-order valence-electron chi connectivity index (χ2n) is 5.03. The summed E-state index contributed by atoms with van der Waals surface area (Å²) in [6, 6.07) is 9.99. The minimum Gasteiger partial charge on any atom is -0.497 e. The van der Waals surface area contributed by atoms with Gasteiger partial charge >= 0.3 is 0 Å². The van der Waals surface area contributed by atoms with Crippen LogP contribution in [0.15, 0.2) is 24.3 Å². The van der Waals surface area contributed by atoms with Crippen LogP contribution in [0.2, 0.25) is 0 Å². The maximum Gasteiger partial charge on any atom is 0.126 e. The SMILES string of the molecule is COc1cccc(-c2nc(C(C)(C)C#N)[nH]c2C)c1. The van der Waals surface area contributed by atoms with Gasteiger partial charge in [0.05, 0.1) is 18.9 Å². The Morgan fingerprint density at radius 2 is 2.11 bits per heavy atom. The van der Waals surface area contributed by atoms with Crippen LogP contribution in [-0.2, 0) is 5.41 Å². The van der Waals surface area contributed by atoms with E-state index in [9.17, 15) is 5.26 Å². The van der Waals surface area contributed by atoms with Crippen molar-refractivity contribution in [1.82, 2.24) is 9.97 Å². The second kappa shape index (κ2) is 4.77. The summed E-state index contributed by atoms with van der Waals surface area (Å²) in [5.74, 6) is 1.48. The number of hydrogen-bond acceptors (Lipinski definition) is 3. The Balaban J connectivity index is 2.49. The van der Waals surface area contributed by atoms with E-state index in [2.05, 4.69) is 16.0 Å². The van der Waals surface area contributed by atoms with E-state index in [-0.39, 0.29) is 0 Å². The molecule has 0 aliphatic rings. The van der Waals surface area contributed by atoms with Gasteiger partial charge < -0.3 is 9.72 Å². The molecule has 1 N–H and O–H groups in total. The molecule has 0 saturated carbocycles. The predicted octanol–water partition coefficient (Wildman–Crippen LogP) is 3.19. The Labute approximate surface area is 113 Å². The summed E-state index contributed by atoms with van der Waals surface area (Å²) < 4.78 is 5.22. The smallest absolute Gasteiger partial charge is 0.126 e. The molecule has 2 aromatic rings. The fourth-order valence-electron chi connectivity index (χ4n) is 1.86. The quantitative estimate of drug-likeness (QED) is 0.916. The highest BCUT2D eigenvalue weighted by Gasteiger charge is 2.25. The fourth-order valence-corrected chi connectivity index (χ4v) is 1.86. The van der Waals surface area contributed by atoms with E-state index < -0.39 is 5.41 Å². The first kappa shape index (κ1) is 13.2. The monoisotopic (exact) mass is 255 g/mol. The molecule has 0 fully saturated rings. The Kier molecular flexibility index (Phi) is 3.30. The Morgan fingerprint density at radius 1 is 1.37 bits per heavy atom. The van der Waals surface area contributed by atoms with Crippen LogP contribution in [0.25, 0.3) is 11.3 Å². The van der Waals surface area contributed by atoms with Gasteiger partial charge in [0.25, 0.3) is 0 Å². The lowest BCUT2D eigenvalue weighted by Crippen LogP contribution is -2.15. The lowest BCUT2D eigenvalue weighted by Gasteiger charge is -2.10. The van der Waals surface area contributed by atoms with Gasteiger partial charge in [-0.1, -0.05) is 12.1 Å². The number of benzene rings is 1. The molecule has 0 amide bonds. The third-order valence-corrected chi connectivity index (χ3v) is 3.10. The van der Waals surface area contributed by atoms with Crippen LogP contribution in [-0.4, -0.2) is 17.1 Å². The van der Waals surface area contributed by atoms with E-state index in [1.165, 1.54) is 0 Å². The normalized spacial score (nSPS) is 11.1. The van der Waals surface area contributed by atoms with E-state index in [4.69, 9.17) is 4.74 Å². The largest absolute Gasteiger partial charge is 0.497 e. The number of nitrogens with zero attached hydrogens (tertiary/aromatic N) is 2. The summed E-state index contributed by atoms with van der Waals surface area (Å²) in [5.41, 5.74) is 2.17. The number of rotatable bonds is 3.